The first-order chi connectivity index (χ1) is 8.83. The summed E-state index contributed by atoms with van der Waals surface area (Å²) < 4.78 is 15.9. The van der Waals surface area contributed by atoms with Gasteiger partial charge >= 0.3 is 5.97 Å². The number of ether oxygens (including phenoxy) is 3. The molecule has 1 unspecified atom stereocenters. The van der Waals surface area contributed by atoms with Crippen LogP contribution in [0, 0.1) is 0 Å². The van der Waals surface area contributed by atoms with Gasteiger partial charge in [-0.3, -0.25) is 4.79 Å². The molecular formula is C14H18O4. The Morgan fingerprint density at radius 2 is 2.17 bits per heavy atom. The van der Waals surface area contributed by atoms with Gasteiger partial charge in [0, 0.05) is 12.2 Å². The summed E-state index contributed by atoms with van der Waals surface area (Å²) in [5.74, 6) is 0.245. The summed E-state index contributed by atoms with van der Waals surface area (Å²) >= 11 is 0. The molecule has 0 saturated carbocycles. The minimum Gasteiger partial charge on any atom is -0.492 e. The van der Waals surface area contributed by atoms with E-state index in [4.69, 9.17) is 14.2 Å². The predicted molar refractivity (Wildman–Crippen MR) is 66.7 cm³/mol. The van der Waals surface area contributed by atoms with Gasteiger partial charge in [0.15, 0.2) is 0 Å². The maximum absolute atomic E-state index is 11.9. The van der Waals surface area contributed by atoms with E-state index in [-0.39, 0.29) is 11.9 Å². The van der Waals surface area contributed by atoms with Gasteiger partial charge in [-0.25, -0.2) is 0 Å². The van der Waals surface area contributed by atoms with E-state index < -0.39 is 0 Å². The Kier molecular flexibility index (Phi) is 4.59. The minimum atomic E-state index is -0.299. The average molecular weight is 250 g/mol. The topological polar surface area (TPSA) is 44.8 Å². The fourth-order valence-electron chi connectivity index (χ4n) is 1.91. The number of carbonyl (C=O) groups is 1. The Morgan fingerprint density at radius 3 is 3.00 bits per heavy atom. The van der Waals surface area contributed by atoms with Crippen LogP contribution in [0.25, 0.3) is 0 Å². The van der Waals surface area contributed by atoms with Gasteiger partial charge in [0.1, 0.15) is 24.9 Å². The monoisotopic (exact) mass is 250 g/mol. The molecule has 4 heteroatoms. The molecule has 1 aliphatic rings. The van der Waals surface area contributed by atoms with Crippen LogP contribution in [0.1, 0.15) is 24.8 Å². The van der Waals surface area contributed by atoms with Crippen LogP contribution in [0.2, 0.25) is 0 Å². The highest BCUT2D eigenvalue weighted by Gasteiger charge is 2.31. The lowest BCUT2D eigenvalue weighted by Crippen LogP contribution is -2.19. The Labute approximate surface area is 107 Å². The van der Waals surface area contributed by atoms with Gasteiger partial charge in [0.2, 0.25) is 0 Å². The third-order valence-corrected chi connectivity index (χ3v) is 2.80. The maximum atomic E-state index is 11.9. The third kappa shape index (κ3) is 3.01. The molecule has 1 aliphatic heterocycles. The van der Waals surface area contributed by atoms with E-state index in [1.165, 1.54) is 0 Å². The van der Waals surface area contributed by atoms with E-state index in [0.717, 1.165) is 17.7 Å². The molecule has 0 saturated heterocycles. The number of fused-ring (bicyclic) bond motifs is 1. The smallest absolute Gasteiger partial charge is 0.317 e. The number of hydrogen-bond acceptors (Lipinski definition) is 4. The first-order valence-corrected chi connectivity index (χ1v) is 6.29. The molecule has 1 atom stereocenters. The highest BCUT2D eigenvalue weighted by molar-refractivity contribution is 5.80. The Morgan fingerprint density at radius 1 is 1.33 bits per heavy atom. The van der Waals surface area contributed by atoms with Crippen molar-refractivity contribution in [3.05, 3.63) is 29.8 Å². The summed E-state index contributed by atoms with van der Waals surface area (Å²) in [6.45, 7) is 3.87. The number of hydrogen-bond donors (Lipinski definition) is 0. The lowest BCUT2D eigenvalue weighted by Gasteiger charge is -2.09. The summed E-state index contributed by atoms with van der Waals surface area (Å²) in [4.78, 5) is 11.9. The normalized spacial score (nSPS) is 17.1. The lowest BCUT2D eigenvalue weighted by molar-refractivity contribution is -0.147. The lowest BCUT2D eigenvalue weighted by atomic mass is 10.0. The zero-order valence-corrected chi connectivity index (χ0v) is 10.6. The van der Waals surface area contributed by atoms with Gasteiger partial charge in [-0.2, -0.15) is 0 Å². The van der Waals surface area contributed by atoms with Gasteiger partial charge in [-0.05, 0) is 12.5 Å². The maximum Gasteiger partial charge on any atom is 0.317 e. The minimum absolute atomic E-state index is 0.236. The van der Waals surface area contributed by atoms with E-state index >= 15 is 0 Å². The Hall–Kier alpha value is -1.55. The molecule has 2 rings (SSSR count). The molecule has 1 aromatic rings. The van der Waals surface area contributed by atoms with Gasteiger partial charge in [0.05, 0.1) is 6.61 Å². The molecule has 0 aromatic heterocycles. The van der Waals surface area contributed by atoms with Crippen LogP contribution in [0.15, 0.2) is 24.3 Å². The molecule has 0 aliphatic carbocycles. The van der Waals surface area contributed by atoms with E-state index in [1.807, 2.05) is 31.2 Å². The fraction of sp³-hybridized carbons (Fsp3) is 0.500. The van der Waals surface area contributed by atoms with Gasteiger partial charge in [0.25, 0.3) is 0 Å². The summed E-state index contributed by atoms with van der Waals surface area (Å²) in [6.07, 6.45) is 0.970. The highest BCUT2D eigenvalue weighted by Crippen LogP contribution is 2.33. The SMILES string of the molecule is CCCOCCOC(=O)C1COc2ccccc21. The number of esters is 1. The zero-order chi connectivity index (χ0) is 12.8. The van der Waals surface area contributed by atoms with E-state index in [2.05, 4.69) is 0 Å². The molecule has 0 fully saturated rings. The third-order valence-electron chi connectivity index (χ3n) is 2.80. The molecule has 0 amide bonds. The second kappa shape index (κ2) is 6.40. The van der Waals surface area contributed by atoms with Gasteiger partial charge in [-0.15, -0.1) is 0 Å². The quantitative estimate of drug-likeness (QED) is 0.573. The Balaban J connectivity index is 1.80. The van der Waals surface area contributed by atoms with Crippen molar-refractivity contribution in [1.29, 1.82) is 0 Å². The van der Waals surface area contributed by atoms with E-state index in [9.17, 15) is 4.79 Å². The van der Waals surface area contributed by atoms with Crippen molar-refractivity contribution in [2.24, 2.45) is 0 Å². The zero-order valence-electron chi connectivity index (χ0n) is 10.6. The summed E-state index contributed by atoms with van der Waals surface area (Å²) in [6, 6.07) is 7.57. The number of benzene rings is 1. The van der Waals surface area contributed by atoms with Crippen molar-refractivity contribution >= 4 is 5.97 Å². The van der Waals surface area contributed by atoms with Crippen LogP contribution in [-0.2, 0) is 14.3 Å². The standard InChI is InChI=1S/C14H18O4/c1-2-7-16-8-9-17-14(15)12-10-18-13-6-4-3-5-11(12)13/h3-6,12H,2,7-10H2,1H3. The molecule has 0 N–H and O–H groups in total. The van der Waals surface area contributed by atoms with E-state index in [1.54, 1.807) is 0 Å². The molecule has 1 heterocycles. The van der Waals surface area contributed by atoms with Gasteiger partial charge < -0.3 is 14.2 Å². The second-order valence-corrected chi connectivity index (χ2v) is 4.18. The van der Waals surface area contributed by atoms with Crippen LogP contribution in [0.4, 0.5) is 0 Å². The van der Waals surface area contributed by atoms with Crippen LogP contribution >= 0.6 is 0 Å². The molecule has 0 bridgehead atoms. The largest absolute Gasteiger partial charge is 0.492 e. The molecule has 18 heavy (non-hydrogen) atoms. The summed E-state index contributed by atoms with van der Waals surface area (Å²) in [5, 5.41) is 0. The highest BCUT2D eigenvalue weighted by atomic mass is 16.6. The Bertz CT molecular complexity index is 403. The van der Waals surface area contributed by atoms with Crippen molar-refractivity contribution in [3.63, 3.8) is 0 Å². The van der Waals surface area contributed by atoms with Crippen LogP contribution in [0.3, 0.4) is 0 Å². The van der Waals surface area contributed by atoms with Crippen LogP contribution in [0.5, 0.6) is 5.75 Å². The van der Waals surface area contributed by atoms with Crippen molar-refractivity contribution in [2.75, 3.05) is 26.4 Å². The molecule has 4 nitrogen and oxygen atoms in total. The van der Waals surface area contributed by atoms with Gasteiger partial charge in [-0.1, -0.05) is 25.1 Å². The van der Waals surface area contributed by atoms with E-state index in [0.29, 0.717) is 26.4 Å². The molecule has 1 aromatic carbocycles. The summed E-state index contributed by atoms with van der Waals surface area (Å²) in [7, 11) is 0. The number of carbonyl (C=O) groups excluding carboxylic acids is 1. The van der Waals surface area contributed by atoms with Crippen molar-refractivity contribution < 1.29 is 19.0 Å². The van der Waals surface area contributed by atoms with Crippen molar-refractivity contribution in [2.45, 2.75) is 19.3 Å². The number of rotatable bonds is 6. The fourth-order valence-corrected chi connectivity index (χ4v) is 1.91. The molecular weight excluding hydrogens is 232 g/mol. The number of para-hydroxylation sites is 1. The second-order valence-electron chi connectivity index (χ2n) is 4.18. The van der Waals surface area contributed by atoms with Crippen LogP contribution < -0.4 is 4.74 Å². The molecule has 0 spiro atoms. The first-order valence-electron chi connectivity index (χ1n) is 6.29. The van der Waals surface area contributed by atoms with Crippen molar-refractivity contribution in [3.8, 4) is 5.75 Å². The summed E-state index contributed by atoms with van der Waals surface area (Å²) in [5.41, 5.74) is 0.914. The molecule has 98 valence electrons. The van der Waals surface area contributed by atoms with Crippen LogP contribution in [-0.4, -0.2) is 32.4 Å². The van der Waals surface area contributed by atoms with Crippen molar-refractivity contribution in [1.82, 2.24) is 0 Å². The average Bonchev–Trinajstić information content (AvgIpc) is 2.82. The first kappa shape index (κ1) is 12.9. The molecule has 0 radical (unpaired) electrons. The predicted octanol–water partition coefficient (Wildman–Crippen LogP) is 2.13.